The number of benzene rings is 1. The maximum absolute atomic E-state index is 13.1. The second kappa shape index (κ2) is 6.28. The van der Waals surface area contributed by atoms with Crippen LogP contribution in [0.1, 0.15) is 33.8 Å². The van der Waals surface area contributed by atoms with Crippen LogP contribution in [0, 0.1) is 12.7 Å². The molecule has 1 atom stereocenters. The van der Waals surface area contributed by atoms with E-state index in [1.54, 1.807) is 6.07 Å². The van der Waals surface area contributed by atoms with Gasteiger partial charge in [-0.25, -0.2) is 4.39 Å². The first-order valence-electron chi connectivity index (χ1n) is 6.43. The Morgan fingerprint density at radius 3 is 2.58 bits per heavy atom. The number of aryl methyl sites for hydroxylation is 2. The van der Waals surface area contributed by atoms with Gasteiger partial charge in [-0.3, -0.25) is 11.3 Å². The lowest BCUT2D eigenvalue weighted by molar-refractivity contribution is 0.549. The van der Waals surface area contributed by atoms with Crippen LogP contribution in [0.4, 0.5) is 4.39 Å². The summed E-state index contributed by atoms with van der Waals surface area (Å²) in [7, 11) is 0. The Balaban J connectivity index is 2.19. The lowest BCUT2D eigenvalue weighted by Crippen LogP contribution is -2.30. The van der Waals surface area contributed by atoms with Crippen LogP contribution in [0.2, 0.25) is 0 Å². The van der Waals surface area contributed by atoms with Gasteiger partial charge < -0.3 is 0 Å². The largest absolute Gasteiger partial charge is 0.271 e. The lowest BCUT2D eigenvalue weighted by atomic mass is 9.98. The third-order valence-electron chi connectivity index (χ3n) is 3.28. The number of hydrazine groups is 1. The smallest absolute Gasteiger partial charge is 0.123 e. The van der Waals surface area contributed by atoms with Gasteiger partial charge >= 0.3 is 0 Å². The fraction of sp³-hybridized carbons (Fsp3) is 0.333. The van der Waals surface area contributed by atoms with Crippen molar-refractivity contribution in [3.8, 4) is 0 Å². The van der Waals surface area contributed by atoms with E-state index in [4.69, 9.17) is 5.84 Å². The standard InChI is InChI=1S/C15H19FN2S/c1-3-12-5-6-13(19-12)9-15(18-17)14-7-4-11(16)8-10(14)2/h4-8,15,18H,3,9,17H2,1-2H3. The zero-order chi connectivity index (χ0) is 13.8. The van der Waals surface area contributed by atoms with Crippen molar-refractivity contribution in [1.29, 1.82) is 0 Å². The molecule has 0 amide bonds. The molecule has 1 unspecified atom stereocenters. The van der Waals surface area contributed by atoms with Gasteiger partial charge in [-0.2, -0.15) is 0 Å². The van der Waals surface area contributed by atoms with Crippen molar-refractivity contribution >= 4 is 11.3 Å². The van der Waals surface area contributed by atoms with Crippen LogP contribution < -0.4 is 11.3 Å². The molecule has 0 radical (unpaired) electrons. The SMILES string of the molecule is CCc1ccc(CC(NN)c2ccc(F)cc2C)s1. The topological polar surface area (TPSA) is 38.0 Å². The molecule has 0 fully saturated rings. The Hall–Kier alpha value is -1.23. The van der Waals surface area contributed by atoms with Crippen LogP contribution in [0.25, 0.3) is 0 Å². The molecule has 2 aromatic rings. The highest BCUT2D eigenvalue weighted by Crippen LogP contribution is 2.26. The fourth-order valence-corrected chi connectivity index (χ4v) is 3.22. The molecule has 0 spiro atoms. The van der Waals surface area contributed by atoms with E-state index in [9.17, 15) is 4.39 Å². The van der Waals surface area contributed by atoms with Crippen molar-refractivity contribution in [2.75, 3.05) is 0 Å². The molecule has 0 aliphatic carbocycles. The van der Waals surface area contributed by atoms with Gasteiger partial charge in [-0.05, 0) is 48.7 Å². The van der Waals surface area contributed by atoms with E-state index in [-0.39, 0.29) is 11.9 Å². The number of nitrogens with one attached hydrogen (secondary N) is 1. The molecule has 3 N–H and O–H groups in total. The summed E-state index contributed by atoms with van der Waals surface area (Å²) in [6.07, 6.45) is 1.88. The summed E-state index contributed by atoms with van der Waals surface area (Å²) >= 11 is 1.81. The second-order valence-corrected chi connectivity index (χ2v) is 5.90. The van der Waals surface area contributed by atoms with Crippen LogP contribution in [0.3, 0.4) is 0 Å². The summed E-state index contributed by atoms with van der Waals surface area (Å²) in [5.41, 5.74) is 4.82. The average Bonchev–Trinajstić information content (AvgIpc) is 2.84. The maximum Gasteiger partial charge on any atom is 0.123 e. The van der Waals surface area contributed by atoms with Crippen LogP contribution in [0.15, 0.2) is 30.3 Å². The Kier molecular flexibility index (Phi) is 4.69. The number of hydrogen-bond donors (Lipinski definition) is 2. The van der Waals surface area contributed by atoms with E-state index < -0.39 is 0 Å². The lowest BCUT2D eigenvalue weighted by Gasteiger charge is -2.18. The Morgan fingerprint density at radius 2 is 2.00 bits per heavy atom. The first kappa shape index (κ1) is 14.2. The van der Waals surface area contributed by atoms with Gasteiger partial charge in [0.15, 0.2) is 0 Å². The number of rotatable bonds is 5. The van der Waals surface area contributed by atoms with Crippen molar-refractivity contribution in [2.24, 2.45) is 5.84 Å². The quantitative estimate of drug-likeness (QED) is 0.649. The second-order valence-electron chi connectivity index (χ2n) is 4.65. The number of hydrogen-bond acceptors (Lipinski definition) is 3. The number of halogens is 1. The fourth-order valence-electron chi connectivity index (χ4n) is 2.21. The Labute approximate surface area is 117 Å². The third kappa shape index (κ3) is 3.41. The van der Waals surface area contributed by atoms with E-state index in [1.807, 2.05) is 24.3 Å². The highest BCUT2D eigenvalue weighted by atomic mass is 32.1. The van der Waals surface area contributed by atoms with Gasteiger partial charge in [-0.1, -0.05) is 13.0 Å². The molecule has 0 aliphatic heterocycles. The first-order chi connectivity index (χ1) is 9.13. The van der Waals surface area contributed by atoms with Crippen LogP contribution in [0.5, 0.6) is 0 Å². The number of thiophene rings is 1. The summed E-state index contributed by atoms with van der Waals surface area (Å²) in [6.45, 7) is 4.06. The summed E-state index contributed by atoms with van der Waals surface area (Å²) in [6, 6.07) is 9.16. The van der Waals surface area contributed by atoms with E-state index >= 15 is 0 Å². The average molecular weight is 278 g/mol. The molecule has 0 aliphatic rings. The molecule has 1 heterocycles. The van der Waals surface area contributed by atoms with Crippen LogP contribution in [-0.2, 0) is 12.8 Å². The van der Waals surface area contributed by atoms with E-state index in [0.717, 1.165) is 24.0 Å². The van der Waals surface area contributed by atoms with Crippen molar-refractivity contribution < 1.29 is 4.39 Å². The monoisotopic (exact) mass is 278 g/mol. The summed E-state index contributed by atoms with van der Waals surface area (Å²) in [5.74, 6) is 5.45. The zero-order valence-corrected chi connectivity index (χ0v) is 12.1. The molecule has 2 rings (SSSR count). The molecular weight excluding hydrogens is 259 g/mol. The number of nitrogens with two attached hydrogens (primary N) is 1. The molecular formula is C15H19FN2S. The summed E-state index contributed by atoms with van der Waals surface area (Å²) in [4.78, 5) is 2.67. The molecule has 0 bridgehead atoms. The molecule has 1 aromatic carbocycles. The normalized spacial score (nSPS) is 12.6. The predicted octanol–water partition coefficient (Wildman–Crippen LogP) is 3.51. The minimum atomic E-state index is -0.207. The van der Waals surface area contributed by atoms with Gasteiger partial charge in [0, 0.05) is 16.2 Å². The van der Waals surface area contributed by atoms with E-state index in [2.05, 4.69) is 24.5 Å². The molecule has 1 aromatic heterocycles. The van der Waals surface area contributed by atoms with Gasteiger partial charge in [-0.15, -0.1) is 11.3 Å². The van der Waals surface area contributed by atoms with Gasteiger partial charge in [0.05, 0.1) is 6.04 Å². The predicted molar refractivity (Wildman–Crippen MR) is 78.6 cm³/mol. The van der Waals surface area contributed by atoms with Crippen molar-refractivity contribution in [3.05, 3.63) is 57.0 Å². The highest BCUT2D eigenvalue weighted by Gasteiger charge is 2.14. The van der Waals surface area contributed by atoms with Crippen molar-refractivity contribution in [2.45, 2.75) is 32.7 Å². The third-order valence-corrected chi connectivity index (χ3v) is 4.53. The molecule has 0 saturated carbocycles. The van der Waals surface area contributed by atoms with Crippen molar-refractivity contribution in [1.82, 2.24) is 5.43 Å². The molecule has 102 valence electrons. The molecule has 4 heteroatoms. The van der Waals surface area contributed by atoms with Gasteiger partial charge in [0.1, 0.15) is 5.82 Å². The van der Waals surface area contributed by atoms with E-state index in [1.165, 1.54) is 15.8 Å². The van der Waals surface area contributed by atoms with Gasteiger partial charge in [0.2, 0.25) is 0 Å². The highest BCUT2D eigenvalue weighted by molar-refractivity contribution is 7.11. The van der Waals surface area contributed by atoms with E-state index in [0.29, 0.717) is 0 Å². The zero-order valence-electron chi connectivity index (χ0n) is 11.2. The first-order valence-corrected chi connectivity index (χ1v) is 7.25. The van der Waals surface area contributed by atoms with Crippen LogP contribution >= 0.6 is 11.3 Å². The maximum atomic E-state index is 13.1. The molecule has 2 nitrogen and oxygen atoms in total. The van der Waals surface area contributed by atoms with Gasteiger partial charge in [0.25, 0.3) is 0 Å². The Morgan fingerprint density at radius 1 is 1.26 bits per heavy atom. The van der Waals surface area contributed by atoms with Crippen LogP contribution in [-0.4, -0.2) is 0 Å². The van der Waals surface area contributed by atoms with Crippen molar-refractivity contribution in [3.63, 3.8) is 0 Å². The molecule has 0 saturated heterocycles. The minimum absolute atomic E-state index is 0.0176. The summed E-state index contributed by atoms with van der Waals surface area (Å²) in [5, 5.41) is 0. The Bertz CT molecular complexity index is 551. The minimum Gasteiger partial charge on any atom is -0.271 e. The summed E-state index contributed by atoms with van der Waals surface area (Å²) < 4.78 is 13.1. The molecule has 19 heavy (non-hydrogen) atoms.